The topological polar surface area (TPSA) is 106 Å². The van der Waals surface area contributed by atoms with Crippen LogP contribution in [0.2, 0.25) is 15.1 Å². The van der Waals surface area contributed by atoms with Crippen molar-refractivity contribution in [1.82, 2.24) is 10.4 Å². The van der Waals surface area contributed by atoms with Crippen molar-refractivity contribution < 1.29 is 18.7 Å². The zero-order chi connectivity index (χ0) is 24.2. The first kappa shape index (κ1) is 24.1. The number of ether oxygens (including phenoxy) is 1. The minimum Gasteiger partial charge on any atom is -0.482 e. The van der Waals surface area contributed by atoms with Crippen LogP contribution in [-0.4, -0.2) is 29.1 Å². The quantitative estimate of drug-likeness (QED) is 0.421. The molecule has 0 saturated heterocycles. The Bertz CT molecular complexity index is 1270. The largest absolute Gasteiger partial charge is 0.482 e. The van der Waals surface area contributed by atoms with Gasteiger partial charge in [0.05, 0.1) is 15.8 Å². The van der Waals surface area contributed by atoms with Gasteiger partial charge in [-0.1, -0.05) is 34.8 Å². The van der Waals surface area contributed by atoms with E-state index in [1.807, 2.05) is 0 Å². The first-order valence-electron chi connectivity index (χ1n) is 10.3. The van der Waals surface area contributed by atoms with Crippen molar-refractivity contribution in [2.24, 2.45) is 5.10 Å². The number of nitrogens with zero attached hydrogens (tertiary/aromatic N) is 2. The van der Waals surface area contributed by atoms with Gasteiger partial charge in [-0.2, -0.15) is 5.10 Å². The van der Waals surface area contributed by atoms with E-state index in [1.165, 1.54) is 12.3 Å². The Labute approximate surface area is 210 Å². The maximum Gasteiger partial charge on any atom is 0.292 e. The molecular weight excluding hydrogens is 503 g/mol. The van der Waals surface area contributed by atoms with E-state index in [2.05, 4.69) is 20.8 Å². The van der Waals surface area contributed by atoms with Crippen molar-refractivity contribution >= 4 is 58.1 Å². The maximum absolute atomic E-state index is 12.8. The standard InChI is InChI=1S/C23H19Cl3N4O4/c1-12-21-16(29-30-20(31)11-33-17-7-5-13(24)9-15(17)26)3-2-4-18(21)34-22(12)23(32)28-19-8-6-14(25)10-27-19/h5-10H,2-4,11H2,1H3,(H,30,31)(H,27,28,32)/b29-16+. The fraction of sp³-hybridized carbons (Fsp3) is 0.217. The van der Waals surface area contributed by atoms with Crippen molar-refractivity contribution in [3.8, 4) is 5.75 Å². The van der Waals surface area contributed by atoms with Crippen molar-refractivity contribution in [3.63, 3.8) is 0 Å². The molecule has 2 aromatic heterocycles. The van der Waals surface area contributed by atoms with Gasteiger partial charge in [-0.05, 0) is 50.1 Å². The second-order valence-corrected chi connectivity index (χ2v) is 8.76. The summed E-state index contributed by atoms with van der Waals surface area (Å²) in [4.78, 5) is 29.1. The van der Waals surface area contributed by atoms with Gasteiger partial charge in [-0.3, -0.25) is 9.59 Å². The number of fused-ring (bicyclic) bond motifs is 1. The molecule has 0 bridgehead atoms. The molecular formula is C23H19Cl3N4O4. The molecule has 1 aliphatic carbocycles. The van der Waals surface area contributed by atoms with Gasteiger partial charge in [0, 0.05) is 28.8 Å². The summed E-state index contributed by atoms with van der Waals surface area (Å²) in [5.41, 5.74) is 4.49. The van der Waals surface area contributed by atoms with Crippen LogP contribution in [0.25, 0.3) is 0 Å². The highest BCUT2D eigenvalue weighted by Crippen LogP contribution is 2.30. The van der Waals surface area contributed by atoms with Crippen molar-refractivity contribution in [2.45, 2.75) is 26.2 Å². The van der Waals surface area contributed by atoms with Crippen LogP contribution in [-0.2, 0) is 11.2 Å². The van der Waals surface area contributed by atoms with Crippen LogP contribution in [0.4, 0.5) is 5.82 Å². The van der Waals surface area contributed by atoms with Gasteiger partial charge in [-0.25, -0.2) is 10.4 Å². The number of amides is 2. The molecule has 0 radical (unpaired) electrons. The molecule has 1 aromatic carbocycles. The Kier molecular flexibility index (Phi) is 7.41. The number of aryl methyl sites for hydroxylation is 1. The molecule has 1 aliphatic rings. The molecule has 0 fully saturated rings. The Morgan fingerprint density at radius 2 is 1.94 bits per heavy atom. The summed E-state index contributed by atoms with van der Waals surface area (Å²) < 4.78 is 11.3. The minimum absolute atomic E-state index is 0.170. The third-order valence-corrected chi connectivity index (χ3v) is 5.82. The average Bonchev–Trinajstić information content (AvgIpc) is 3.16. The summed E-state index contributed by atoms with van der Waals surface area (Å²) in [6.45, 7) is 1.50. The van der Waals surface area contributed by atoms with Crippen LogP contribution >= 0.6 is 34.8 Å². The lowest BCUT2D eigenvalue weighted by molar-refractivity contribution is -0.123. The number of aromatic nitrogens is 1. The molecule has 176 valence electrons. The van der Waals surface area contributed by atoms with Gasteiger partial charge >= 0.3 is 0 Å². The van der Waals surface area contributed by atoms with Crippen LogP contribution in [0.3, 0.4) is 0 Å². The lowest BCUT2D eigenvalue weighted by Crippen LogP contribution is -2.27. The summed E-state index contributed by atoms with van der Waals surface area (Å²) >= 11 is 17.7. The third kappa shape index (κ3) is 5.52. The first-order valence-corrected chi connectivity index (χ1v) is 11.4. The van der Waals surface area contributed by atoms with Gasteiger partial charge in [-0.15, -0.1) is 0 Å². The number of pyridine rings is 1. The highest BCUT2D eigenvalue weighted by Gasteiger charge is 2.28. The molecule has 2 N–H and O–H groups in total. The second kappa shape index (κ2) is 10.5. The van der Waals surface area contributed by atoms with E-state index in [4.69, 9.17) is 44.0 Å². The van der Waals surface area contributed by atoms with Crippen LogP contribution in [0, 0.1) is 6.92 Å². The number of anilines is 1. The summed E-state index contributed by atoms with van der Waals surface area (Å²) in [6, 6.07) is 7.95. The Hall–Kier alpha value is -3.07. The van der Waals surface area contributed by atoms with Gasteiger partial charge in [0.25, 0.3) is 11.8 Å². The lowest BCUT2D eigenvalue weighted by atomic mass is 9.93. The molecule has 8 nitrogen and oxygen atoms in total. The van der Waals surface area contributed by atoms with E-state index < -0.39 is 11.8 Å². The van der Waals surface area contributed by atoms with Gasteiger partial charge in [0.1, 0.15) is 17.3 Å². The van der Waals surface area contributed by atoms with Crippen molar-refractivity contribution in [2.75, 3.05) is 11.9 Å². The maximum atomic E-state index is 12.8. The number of rotatable bonds is 6. The van der Waals surface area contributed by atoms with Crippen LogP contribution in [0.5, 0.6) is 5.75 Å². The molecule has 4 rings (SSSR count). The number of hydrazone groups is 1. The number of hydrogen-bond acceptors (Lipinski definition) is 6. The zero-order valence-electron chi connectivity index (χ0n) is 18.0. The van der Waals surface area contributed by atoms with E-state index >= 15 is 0 Å². The molecule has 0 unspecified atom stereocenters. The van der Waals surface area contributed by atoms with Crippen LogP contribution in [0.1, 0.15) is 40.3 Å². The zero-order valence-corrected chi connectivity index (χ0v) is 20.2. The number of benzene rings is 1. The molecule has 0 spiro atoms. The average molecular weight is 522 g/mol. The highest BCUT2D eigenvalue weighted by atomic mass is 35.5. The fourth-order valence-corrected chi connectivity index (χ4v) is 4.09. The van der Waals surface area contributed by atoms with Crippen molar-refractivity contribution in [3.05, 3.63) is 74.2 Å². The predicted molar refractivity (Wildman–Crippen MR) is 130 cm³/mol. The number of nitrogens with one attached hydrogen (secondary N) is 2. The van der Waals surface area contributed by atoms with Gasteiger partial charge < -0.3 is 14.5 Å². The smallest absolute Gasteiger partial charge is 0.292 e. The molecule has 34 heavy (non-hydrogen) atoms. The number of carbonyl (C=O) groups is 2. The number of halogens is 3. The Morgan fingerprint density at radius 3 is 2.68 bits per heavy atom. The third-order valence-electron chi connectivity index (χ3n) is 5.07. The molecule has 3 aromatic rings. The Balaban J connectivity index is 1.44. The van der Waals surface area contributed by atoms with Crippen LogP contribution < -0.4 is 15.5 Å². The summed E-state index contributed by atoms with van der Waals surface area (Å²) in [6.07, 6.45) is 3.49. The van der Waals surface area contributed by atoms with E-state index in [9.17, 15) is 9.59 Å². The molecule has 2 heterocycles. The SMILES string of the molecule is Cc1c(C(=O)Nc2ccc(Cl)cn2)oc2c1/C(=N/NC(=O)COc1ccc(Cl)cc1Cl)CCC2. The number of hydrogen-bond donors (Lipinski definition) is 2. The normalized spacial score (nSPS) is 13.9. The summed E-state index contributed by atoms with van der Waals surface area (Å²) in [7, 11) is 0. The molecule has 11 heteroatoms. The fourth-order valence-electron chi connectivity index (χ4n) is 3.52. The molecule has 0 atom stereocenters. The number of carbonyl (C=O) groups excluding carboxylic acids is 2. The van der Waals surface area contributed by atoms with Crippen LogP contribution in [0.15, 0.2) is 46.0 Å². The van der Waals surface area contributed by atoms with Gasteiger partial charge in [0.15, 0.2) is 12.4 Å². The second-order valence-electron chi connectivity index (χ2n) is 7.48. The molecule has 0 aliphatic heterocycles. The molecule has 2 amide bonds. The van der Waals surface area contributed by atoms with E-state index in [0.29, 0.717) is 56.5 Å². The predicted octanol–water partition coefficient (Wildman–Crippen LogP) is 5.43. The summed E-state index contributed by atoms with van der Waals surface area (Å²) in [5.74, 6) is 0.617. The molecule has 0 saturated carbocycles. The monoisotopic (exact) mass is 520 g/mol. The van der Waals surface area contributed by atoms with Crippen molar-refractivity contribution in [1.29, 1.82) is 0 Å². The first-order chi connectivity index (χ1) is 16.3. The van der Waals surface area contributed by atoms with E-state index in [1.54, 1.807) is 31.2 Å². The Morgan fingerprint density at radius 1 is 1.15 bits per heavy atom. The highest BCUT2D eigenvalue weighted by molar-refractivity contribution is 6.35. The summed E-state index contributed by atoms with van der Waals surface area (Å²) in [5, 5.41) is 8.19. The number of furan rings is 1. The lowest BCUT2D eigenvalue weighted by Gasteiger charge is -2.13. The minimum atomic E-state index is -0.460. The van der Waals surface area contributed by atoms with E-state index in [0.717, 1.165) is 12.0 Å². The van der Waals surface area contributed by atoms with Gasteiger partial charge in [0.2, 0.25) is 0 Å². The van der Waals surface area contributed by atoms with E-state index in [-0.39, 0.29) is 12.4 Å².